The molecule has 4 nitrogen and oxygen atoms in total. The maximum Gasteiger partial charge on any atom is 0.266 e. The lowest BCUT2D eigenvalue weighted by atomic mass is 10.1. The minimum atomic E-state index is -0.323. The summed E-state index contributed by atoms with van der Waals surface area (Å²) in [7, 11) is 0. The van der Waals surface area contributed by atoms with Crippen molar-refractivity contribution in [3.63, 3.8) is 0 Å². The smallest absolute Gasteiger partial charge is 0.266 e. The summed E-state index contributed by atoms with van der Waals surface area (Å²) in [6, 6.07) is 13.4. The number of nitrogens with two attached hydrogens (primary N) is 1. The molecule has 0 unspecified atom stereocenters. The van der Waals surface area contributed by atoms with Crippen molar-refractivity contribution in [2.45, 2.75) is 32.7 Å². The average Bonchev–Trinajstić information content (AvgIpc) is 2.64. The van der Waals surface area contributed by atoms with Crippen molar-refractivity contribution in [3.05, 3.63) is 70.5 Å². The van der Waals surface area contributed by atoms with E-state index in [4.69, 9.17) is 4.98 Å². The van der Waals surface area contributed by atoms with Gasteiger partial charge in [-0.3, -0.25) is 9.36 Å². The molecule has 3 aromatic rings. The first-order valence-electron chi connectivity index (χ1n) is 8.76. The van der Waals surface area contributed by atoms with E-state index in [1.54, 1.807) is 22.8 Å². The molecule has 0 fully saturated rings. The number of fused-ring (bicyclic) bond motifs is 1. The number of rotatable bonds is 6. The molecular formula is C20H23FN3O+. The van der Waals surface area contributed by atoms with Gasteiger partial charge in [0.2, 0.25) is 0 Å². The largest absolute Gasteiger partial charge is 0.338 e. The summed E-state index contributed by atoms with van der Waals surface area (Å²) in [6.07, 6.45) is 1.90. The highest BCUT2D eigenvalue weighted by molar-refractivity contribution is 5.77. The van der Waals surface area contributed by atoms with Gasteiger partial charge in [-0.25, -0.2) is 9.37 Å². The Morgan fingerprint density at radius 3 is 2.52 bits per heavy atom. The predicted molar refractivity (Wildman–Crippen MR) is 97.4 cm³/mol. The van der Waals surface area contributed by atoms with Crippen molar-refractivity contribution in [3.8, 4) is 5.69 Å². The molecule has 0 spiro atoms. The molecule has 0 aliphatic rings. The van der Waals surface area contributed by atoms with Crippen molar-refractivity contribution in [2.75, 3.05) is 6.54 Å². The minimum absolute atomic E-state index is 0.0716. The number of nitrogens with zero attached hydrogens (tertiary/aromatic N) is 2. The fourth-order valence-corrected chi connectivity index (χ4v) is 3.06. The first-order valence-corrected chi connectivity index (χ1v) is 8.76. The van der Waals surface area contributed by atoms with Gasteiger partial charge in [0.25, 0.3) is 5.56 Å². The average molecular weight is 340 g/mol. The van der Waals surface area contributed by atoms with E-state index in [0.717, 1.165) is 19.4 Å². The molecule has 0 saturated heterocycles. The molecule has 0 saturated carbocycles. The first kappa shape index (κ1) is 17.3. The molecule has 2 aromatic carbocycles. The third-order valence-corrected chi connectivity index (χ3v) is 4.40. The number of halogens is 1. The summed E-state index contributed by atoms with van der Waals surface area (Å²) in [5, 5.41) is 2.79. The number of aromatic nitrogens is 2. The molecule has 130 valence electrons. The van der Waals surface area contributed by atoms with Crippen LogP contribution in [0.5, 0.6) is 0 Å². The standard InChI is InChI=1S/C20H22FN3O/c1-3-13-22-17(4-2)19-23-18-8-6-5-7-16(18)20(25)24(19)15-11-9-14(21)10-12-15/h5-12,17,22H,3-4,13H2,1-2H3/p+1/t17-/m1/s1. The van der Waals surface area contributed by atoms with Crippen LogP contribution in [0.2, 0.25) is 0 Å². The van der Waals surface area contributed by atoms with Gasteiger partial charge in [-0.2, -0.15) is 0 Å². The van der Waals surface area contributed by atoms with E-state index in [9.17, 15) is 9.18 Å². The fraction of sp³-hybridized carbons (Fsp3) is 0.300. The second-order valence-electron chi connectivity index (χ2n) is 6.14. The Morgan fingerprint density at radius 2 is 1.84 bits per heavy atom. The van der Waals surface area contributed by atoms with Crippen LogP contribution < -0.4 is 10.9 Å². The predicted octanol–water partition coefficient (Wildman–Crippen LogP) is 2.95. The van der Waals surface area contributed by atoms with Crippen LogP contribution in [0, 0.1) is 5.82 Å². The molecule has 1 heterocycles. The van der Waals surface area contributed by atoms with E-state index < -0.39 is 0 Å². The van der Waals surface area contributed by atoms with Gasteiger partial charge in [-0.15, -0.1) is 0 Å². The lowest BCUT2D eigenvalue weighted by molar-refractivity contribution is -0.697. The molecule has 0 bridgehead atoms. The van der Waals surface area contributed by atoms with Crippen LogP contribution in [0.1, 0.15) is 38.6 Å². The number of para-hydroxylation sites is 1. The molecule has 1 aromatic heterocycles. The van der Waals surface area contributed by atoms with E-state index >= 15 is 0 Å². The molecular weight excluding hydrogens is 317 g/mol. The molecule has 0 aliphatic heterocycles. The van der Waals surface area contributed by atoms with Gasteiger partial charge in [0.05, 0.1) is 23.1 Å². The van der Waals surface area contributed by atoms with E-state index in [1.807, 2.05) is 18.2 Å². The quantitative estimate of drug-likeness (QED) is 0.750. The molecule has 25 heavy (non-hydrogen) atoms. The monoisotopic (exact) mass is 340 g/mol. The zero-order valence-electron chi connectivity index (χ0n) is 14.6. The lowest BCUT2D eigenvalue weighted by Crippen LogP contribution is -2.85. The van der Waals surface area contributed by atoms with Crippen LogP contribution in [0.3, 0.4) is 0 Å². The zero-order chi connectivity index (χ0) is 17.8. The Balaban J connectivity index is 2.27. The molecule has 0 amide bonds. The van der Waals surface area contributed by atoms with Gasteiger partial charge in [0.15, 0.2) is 5.82 Å². The van der Waals surface area contributed by atoms with Crippen LogP contribution >= 0.6 is 0 Å². The van der Waals surface area contributed by atoms with Crippen LogP contribution in [-0.2, 0) is 0 Å². The molecule has 0 aliphatic carbocycles. The highest BCUT2D eigenvalue weighted by atomic mass is 19.1. The SMILES string of the molecule is CCC[NH2+][C@H](CC)c1nc2ccccc2c(=O)n1-c1ccc(F)cc1. The second-order valence-corrected chi connectivity index (χ2v) is 6.14. The van der Waals surface area contributed by atoms with Crippen molar-refractivity contribution in [2.24, 2.45) is 0 Å². The van der Waals surface area contributed by atoms with Crippen molar-refractivity contribution in [1.29, 1.82) is 0 Å². The number of hydrogen-bond acceptors (Lipinski definition) is 2. The molecule has 5 heteroatoms. The normalized spacial score (nSPS) is 12.4. The Hall–Kier alpha value is -2.53. The number of quaternary nitrogens is 1. The Kier molecular flexibility index (Phi) is 5.24. The Labute approximate surface area is 146 Å². The second kappa shape index (κ2) is 7.57. The fourth-order valence-electron chi connectivity index (χ4n) is 3.06. The van der Waals surface area contributed by atoms with Crippen molar-refractivity contribution >= 4 is 10.9 Å². The van der Waals surface area contributed by atoms with Gasteiger partial charge in [-0.1, -0.05) is 26.0 Å². The van der Waals surface area contributed by atoms with Crippen LogP contribution in [-0.4, -0.2) is 16.1 Å². The summed E-state index contributed by atoms with van der Waals surface area (Å²) in [5.41, 5.74) is 1.22. The van der Waals surface area contributed by atoms with Gasteiger partial charge >= 0.3 is 0 Å². The van der Waals surface area contributed by atoms with Gasteiger partial charge in [-0.05, 0) is 42.8 Å². The maximum atomic E-state index is 13.3. The van der Waals surface area contributed by atoms with E-state index in [0.29, 0.717) is 22.4 Å². The molecule has 0 radical (unpaired) electrons. The first-order chi connectivity index (χ1) is 12.2. The van der Waals surface area contributed by atoms with Crippen molar-refractivity contribution in [1.82, 2.24) is 9.55 Å². The van der Waals surface area contributed by atoms with Crippen LogP contribution in [0.15, 0.2) is 53.3 Å². The Morgan fingerprint density at radius 1 is 1.12 bits per heavy atom. The summed E-state index contributed by atoms with van der Waals surface area (Å²) < 4.78 is 15.0. The summed E-state index contributed by atoms with van der Waals surface area (Å²) >= 11 is 0. The highest BCUT2D eigenvalue weighted by Crippen LogP contribution is 2.18. The minimum Gasteiger partial charge on any atom is -0.338 e. The van der Waals surface area contributed by atoms with Crippen LogP contribution in [0.4, 0.5) is 4.39 Å². The summed E-state index contributed by atoms with van der Waals surface area (Å²) in [6.45, 7) is 5.18. The maximum absolute atomic E-state index is 13.3. The third-order valence-electron chi connectivity index (χ3n) is 4.40. The summed E-state index contributed by atoms with van der Waals surface area (Å²) in [4.78, 5) is 17.9. The van der Waals surface area contributed by atoms with E-state index in [1.165, 1.54) is 12.1 Å². The van der Waals surface area contributed by atoms with Crippen molar-refractivity contribution < 1.29 is 9.71 Å². The van der Waals surface area contributed by atoms with Gasteiger partial charge < -0.3 is 5.32 Å². The molecule has 3 rings (SSSR count). The molecule has 2 N–H and O–H groups in total. The lowest BCUT2D eigenvalue weighted by Gasteiger charge is -2.19. The number of hydrogen-bond donors (Lipinski definition) is 1. The van der Waals surface area contributed by atoms with Gasteiger partial charge in [0.1, 0.15) is 11.9 Å². The topological polar surface area (TPSA) is 51.5 Å². The Bertz CT molecular complexity index is 918. The van der Waals surface area contributed by atoms with E-state index in [2.05, 4.69) is 19.2 Å². The summed E-state index contributed by atoms with van der Waals surface area (Å²) in [5.74, 6) is 0.392. The zero-order valence-corrected chi connectivity index (χ0v) is 14.6. The molecule has 1 atom stereocenters. The third kappa shape index (κ3) is 3.46. The number of benzene rings is 2. The highest BCUT2D eigenvalue weighted by Gasteiger charge is 2.22. The van der Waals surface area contributed by atoms with E-state index in [-0.39, 0.29) is 17.4 Å². The van der Waals surface area contributed by atoms with Gasteiger partial charge in [0, 0.05) is 6.42 Å². The van der Waals surface area contributed by atoms with Crippen LogP contribution in [0.25, 0.3) is 16.6 Å².